The van der Waals surface area contributed by atoms with Crippen LogP contribution in [-0.2, 0) is 6.54 Å². The molecule has 2 rings (SSSR count). The molecule has 0 atom stereocenters. The van der Waals surface area contributed by atoms with Crippen LogP contribution in [0.2, 0.25) is 0 Å². The molecule has 0 saturated heterocycles. The molecule has 0 aliphatic rings. The van der Waals surface area contributed by atoms with E-state index in [0.29, 0.717) is 18.2 Å². The Kier molecular flexibility index (Phi) is 3.62. The summed E-state index contributed by atoms with van der Waals surface area (Å²) in [5.74, 6) is 0.669. The minimum atomic E-state index is -0.175. The zero-order valence-corrected chi connectivity index (χ0v) is 10.3. The Morgan fingerprint density at radius 2 is 2.28 bits per heavy atom. The Morgan fingerprint density at radius 1 is 1.44 bits per heavy atom. The number of furan rings is 1. The molecule has 0 fully saturated rings. The minimum Gasteiger partial charge on any atom is -0.481 e. The van der Waals surface area contributed by atoms with Crippen LogP contribution in [-0.4, -0.2) is 29.9 Å². The average Bonchev–Trinajstić information content (AvgIpc) is 2.92. The summed E-state index contributed by atoms with van der Waals surface area (Å²) in [4.78, 5) is 17.6. The third-order valence-corrected chi connectivity index (χ3v) is 2.53. The molecular formula is C13H14N2O3. The summed E-state index contributed by atoms with van der Waals surface area (Å²) in [6, 6.07) is 7.01. The average molecular weight is 246 g/mol. The van der Waals surface area contributed by atoms with Gasteiger partial charge < -0.3 is 14.1 Å². The maximum absolute atomic E-state index is 12.0. The van der Waals surface area contributed by atoms with Crippen molar-refractivity contribution in [2.75, 3.05) is 14.2 Å². The van der Waals surface area contributed by atoms with Crippen LogP contribution in [0.15, 0.2) is 41.1 Å². The number of carbonyl (C=O) groups is 1. The second kappa shape index (κ2) is 5.35. The summed E-state index contributed by atoms with van der Waals surface area (Å²) in [6.45, 7) is 0.413. The molecule has 0 N–H and O–H groups in total. The highest BCUT2D eigenvalue weighted by Gasteiger charge is 2.16. The van der Waals surface area contributed by atoms with Crippen molar-refractivity contribution in [2.45, 2.75) is 6.54 Å². The van der Waals surface area contributed by atoms with E-state index in [1.165, 1.54) is 6.26 Å². The van der Waals surface area contributed by atoms with Gasteiger partial charge in [0, 0.05) is 18.8 Å². The van der Waals surface area contributed by atoms with Crippen LogP contribution in [0.25, 0.3) is 0 Å². The molecule has 0 aliphatic carbocycles. The normalized spacial score (nSPS) is 10.1. The highest BCUT2D eigenvalue weighted by Crippen LogP contribution is 2.16. The first-order chi connectivity index (χ1) is 8.72. The van der Waals surface area contributed by atoms with Gasteiger partial charge in [0.2, 0.25) is 5.88 Å². The molecule has 94 valence electrons. The Hall–Kier alpha value is -2.30. The third-order valence-electron chi connectivity index (χ3n) is 2.53. The molecule has 18 heavy (non-hydrogen) atoms. The topological polar surface area (TPSA) is 55.6 Å². The van der Waals surface area contributed by atoms with Gasteiger partial charge in [0.1, 0.15) is 0 Å². The molecule has 1 amide bonds. The van der Waals surface area contributed by atoms with Gasteiger partial charge >= 0.3 is 0 Å². The zero-order valence-electron chi connectivity index (χ0n) is 10.3. The van der Waals surface area contributed by atoms with Crippen LogP contribution in [0.1, 0.15) is 16.1 Å². The second-order valence-corrected chi connectivity index (χ2v) is 3.81. The largest absolute Gasteiger partial charge is 0.481 e. The molecule has 0 bridgehead atoms. The molecule has 0 saturated carbocycles. The van der Waals surface area contributed by atoms with Crippen LogP contribution in [0, 0.1) is 0 Å². The Labute approximate surface area is 105 Å². The van der Waals surface area contributed by atoms with E-state index < -0.39 is 0 Å². The molecule has 0 radical (unpaired) electrons. The number of hydrogen-bond acceptors (Lipinski definition) is 4. The number of amides is 1. The fourth-order valence-electron chi connectivity index (χ4n) is 1.64. The molecule has 5 heteroatoms. The number of ether oxygens (including phenoxy) is 1. The summed E-state index contributed by atoms with van der Waals surface area (Å²) in [5.41, 5.74) is 0.849. The molecular weight excluding hydrogens is 232 g/mol. The van der Waals surface area contributed by atoms with Crippen LogP contribution < -0.4 is 4.74 Å². The minimum absolute atomic E-state index is 0.175. The predicted octanol–water partition coefficient (Wildman–Crippen LogP) is 1.96. The third kappa shape index (κ3) is 2.51. The fourth-order valence-corrected chi connectivity index (χ4v) is 1.64. The monoisotopic (exact) mass is 246 g/mol. The summed E-state index contributed by atoms with van der Waals surface area (Å²) >= 11 is 0. The first-order valence-electron chi connectivity index (χ1n) is 5.49. The van der Waals surface area contributed by atoms with E-state index in [4.69, 9.17) is 9.15 Å². The second-order valence-electron chi connectivity index (χ2n) is 3.81. The number of methoxy groups -OCH3 is 1. The maximum Gasteiger partial charge on any atom is 0.289 e. The summed E-state index contributed by atoms with van der Waals surface area (Å²) < 4.78 is 10.2. The maximum atomic E-state index is 12.0. The SMILES string of the molecule is COc1ncccc1CN(C)C(=O)c1ccco1. The van der Waals surface area contributed by atoms with Gasteiger partial charge in [-0.15, -0.1) is 0 Å². The van der Waals surface area contributed by atoms with Crippen LogP contribution in [0.5, 0.6) is 5.88 Å². The van der Waals surface area contributed by atoms with Crippen molar-refractivity contribution in [2.24, 2.45) is 0 Å². The lowest BCUT2D eigenvalue weighted by molar-refractivity contribution is 0.0752. The highest BCUT2D eigenvalue weighted by molar-refractivity contribution is 5.91. The Balaban J connectivity index is 2.11. The first kappa shape index (κ1) is 12.2. The lowest BCUT2D eigenvalue weighted by Gasteiger charge is -2.16. The standard InChI is InChI=1S/C13H14N2O3/c1-15(13(16)11-6-4-8-18-11)9-10-5-3-7-14-12(10)17-2/h3-8H,9H2,1-2H3. The van der Waals surface area contributed by atoms with Gasteiger partial charge in [-0.25, -0.2) is 4.98 Å². The molecule has 2 heterocycles. The van der Waals surface area contributed by atoms with Crippen LogP contribution >= 0.6 is 0 Å². The lowest BCUT2D eigenvalue weighted by Crippen LogP contribution is -2.26. The van der Waals surface area contributed by atoms with E-state index in [-0.39, 0.29) is 5.91 Å². The summed E-state index contributed by atoms with van der Waals surface area (Å²) in [7, 11) is 3.26. The van der Waals surface area contributed by atoms with Crippen molar-refractivity contribution in [1.29, 1.82) is 0 Å². The molecule has 2 aromatic heterocycles. The first-order valence-corrected chi connectivity index (χ1v) is 5.49. The van der Waals surface area contributed by atoms with Gasteiger partial charge in [-0.1, -0.05) is 6.07 Å². The Morgan fingerprint density at radius 3 is 2.94 bits per heavy atom. The fraction of sp³-hybridized carbons (Fsp3) is 0.231. The molecule has 5 nitrogen and oxygen atoms in total. The van der Waals surface area contributed by atoms with E-state index >= 15 is 0 Å². The van der Waals surface area contributed by atoms with Gasteiger partial charge in [0.15, 0.2) is 5.76 Å². The van der Waals surface area contributed by atoms with E-state index in [9.17, 15) is 4.79 Å². The van der Waals surface area contributed by atoms with Crippen molar-refractivity contribution >= 4 is 5.91 Å². The number of pyridine rings is 1. The summed E-state index contributed by atoms with van der Waals surface area (Å²) in [6.07, 6.45) is 3.13. The van der Waals surface area contributed by atoms with Crippen molar-refractivity contribution < 1.29 is 13.9 Å². The van der Waals surface area contributed by atoms with Gasteiger partial charge in [0.05, 0.1) is 19.9 Å². The van der Waals surface area contributed by atoms with Gasteiger partial charge in [0.25, 0.3) is 5.91 Å². The van der Waals surface area contributed by atoms with Crippen molar-refractivity contribution in [3.63, 3.8) is 0 Å². The van der Waals surface area contributed by atoms with Crippen LogP contribution in [0.4, 0.5) is 0 Å². The summed E-state index contributed by atoms with van der Waals surface area (Å²) in [5, 5.41) is 0. The van der Waals surface area contributed by atoms with Crippen molar-refractivity contribution in [3.05, 3.63) is 48.0 Å². The van der Waals surface area contributed by atoms with E-state index in [2.05, 4.69) is 4.98 Å². The van der Waals surface area contributed by atoms with Gasteiger partial charge in [-0.05, 0) is 18.2 Å². The zero-order chi connectivity index (χ0) is 13.0. The van der Waals surface area contributed by atoms with Gasteiger partial charge in [-0.2, -0.15) is 0 Å². The van der Waals surface area contributed by atoms with Crippen LogP contribution in [0.3, 0.4) is 0 Å². The molecule has 0 aromatic carbocycles. The molecule has 0 unspecified atom stereocenters. The molecule has 0 aliphatic heterocycles. The van der Waals surface area contributed by atoms with Gasteiger partial charge in [-0.3, -0.25) is 4.79 Å². The quantitative estimate of drug-likeness (QED) is 0.827. The van der Waals surface area contributed by atoms with E-state index in [1.807, 2.05) is 12.1 Å². The number of aromatic nitrogens is 1. The number of nitrogens with zero attached hydrogens (tertiary/aromatic N) is 2. The molecule has 2 aromatic rings. The Bertz CT molecular complexity index is 523. The van der Waals surface area contributed by atoms with E-state index in [1.54, 1.807) is 37.4 Å². The highest BCUT2D eigenvalue weighted by atomic mass is 16.5. The van der Waals surface area contributed by atoms with E-state index in [0.717, 1.165) is 5.56 Å². The number of rotatable bonds is 4. The smallest absolute Gasteiger partial charge is 0.289 e. The lowest BCUT2D eigenvalue weighted by atomic mass is 10.2. The predicted molar refractivity (Wildman–Crippen MR) is 65.3 cm³/mol. The van der Waals surface area contributed by atoms with Crippen molar-refractivity contribution in [3.8, 4) is 5.88 Å². The van der Waals surface area contributed by atoms with Crippen molar-refractivity contribution in [1.82, 2.24) is 9.88 Å². The number of carbonyl (C=O) groups excluding carboxylic acids is 1. The number of hydrogen-bond donors (Lipinski definition) is 0. The molecule has 0 spiro atoms.